The molecule has 0 fully saturated rings. The second kappa shape index (κ2) is 8.97. The maximum atomic E-state index is 12.3. The van der Waals surface area contributed by atoms with Gasteiger partial charge in [0.05, 0.1) is 16.5 Å². The van der Waals surface area contributed by atoms with Crippen LogP contribution in [0.3, 0.4) is 0 Å². The first-order valence-corrected chi connectivity index (χ1v) is 10.2. The molecule has 2 aromatic carbocycles. The molecule has 0 bridgehead atoms. The first-order valence-electron chi connectivity index (χ1n) is 8.04. The van der Waals surface area contributed by atoms with Crippen LogP contribution >= 0.6 is 46.6 Å². The minimum absolute atomic E-state index is 0.168. The molecule has 0 unspecified atom stereocenters. The van der Waals surface area contributed by atoms with Crippen LogP contribution < -0.4 is 5.32 Å². The molecule has 1 aromatic heterocycles. The Labute approximate surface area is 176 Å². The van der Waals surface area contributed by atoms with Crippen molar-refractivity contribution in [3.05, 3.63) is 57.5 Å². The molecule has 3 aromatic rings. The Morgan fingerprint density at radius 3 is 2.48 bits per heavy atom. The number of hydrogen-bond donors (Lipinski definition) is 1. The lowest BCUT2D eigenvalue weighted by atomic mass is 10.2. The van der Waals surface area contributed by atoms with Gasteiger partial charge in [-0.3, -0.25) is 4.79 Å². The fourth-order valence-electron chi connectivity index (χ4n) is 2.40. The van der Waals surface area contributed by atoms with Gasteiger partial charge in [-0.05, 0) is 49.4 Å². The molecule has 140 valence electrons. The van der Waals surface area contributed by atoms with E-state index in [0.717, 1.165) is 11.4 Å². The largest absolute Gasteiger partial charge is 0.324 e. The van der Waals surface area contributed by atoms with Crippen LogP contribution in [0.4, 0.5) is 5.69 Å². The molecule has 9 heteroatoms. The molecule has 0 aliphatic heterocycles. The maximum absolute atomic E-state index is 12.3. The van der Waals surface area contributed by atoms with Crippen molar-refractivity contribution in [2.45, 2.75) is 18.6 Å². The summed E-state index contributed by atoms with van der Waals surface area (Å²) in [6.45, 7) is 2.67. The lowest BCUT2D eigenvalue weighted by molar-refractivity contribution is -0.113. The van der Waals surface area contributed by atoms with Gasteiger partial charge in [0.1, 0.15) is 0 Å². The summed E-state index contributed by atoms with van der Waals surface area (Å²) in [5.41, 5.74) is 1.39. The molecule has 0 aliphatic carbocycles. The third-order valence-corrected chi connectivity index (χ3v) is 5.45. The zero-order chi connectivity index (χ0) is 19.4. The summed E-state index contributed by atoms with van der Waals surface area (Å²) < 4.78 is 1.95. The highest BCUT2D eigenvalue weighted by Crippen LogP contribution is 2.27. The number of hydrogen-bond acceptors (Lipinski definition) is 4. The van der Waals surface area contributed by atoms with Gasteiger partial charge >= 0.3 is 0 Å². The van der Waals surface area contributed by atoms with E-state index in [9.17, 15) is 4.79 Å². The number of benzene rings is 2. The Morgan fingerprint density at radius 2 is 1.78 bits per heavy atom. The fraction of sp³-hybridized carbons (Fsp3) is 0.167. The number of nitrogens with zero attached hydrogens (tertiary/aromatic N) is 3. The Morgan fingerprint density at radius 1 is 1.07 bits per heavy atom. The number of halogens is 3. The third kappa shape index (κ3) is 4.96. The van der Waals surface area contributed by atoms with Crippen molar-refractivity contribution in [2.24, 2.45) is 0 Å². The predicted octanol–water partition coefficient (Wildman–Crippen LogP) is 5.66. The molecule has 0 atom stereocenters. The summed E-state index contributed by atoms with van der Waals surface area (Å²) in [5.74, 6) is 0.694. The molecule has 1 N–H and O–H groups in total. The Hall–Kier alpha value is -1.73. The van der Waals surface area contributed by atoms with Crippen molar-refractivity contribution in [1.29, 1.82) is 0 Å². The number of rotatable bonds is 6. The highest BCUT2D eigenvalue weighted by Gasteiger charge is 2.15. The van der Waals surface area contributed by atoms with E-state index >= 15 is 0 Å². The van der Waals surface area contributed by atoms with Gasteiger partial charge in [-0.25, -0.2) is 0 Å². The smallest absolute Gasteiger partial charge is 0.234 e. The van der Waals surface area contributed by atoms with Gasteiger partial charge in [0, 0.05) is 22.2 Å². The fourth-order valence-corrected chi connectivity index (χ4v) is 3.67. The van der Waals surface area contributed by atoms with Crippen LogP contribution in [0.5, 0.6) is 0 Å². The van der Waals surface area contributed by atoms with Crippen molar-refractivity contribution in [2.75, 3.05) is 11.1 Å². The minimum Gasteiger partial charge on any atom is -0.324 e. The quantitative estimate of drug-likeness (QED) is 0.502. The van der Waals surface area contributed by atoms with E-state index < -0.39 is 0 Å². The van der Waals surface area contributed by atoms with E-state index in [0.29, 0.717) is 32.5 Å². The third-order valence-electron chi connectivity index (χ3n) is 3.67. The zero-order valence-corrected chi connectivity index (χ0v) is 17.3. The average Bonchev–Trinajstić information content (AvgIpc) is 3.06. The normalized spacial score (nSPS) is 10.8. The molecule has 0 aliphatic rings. The molecule has 1 heterocycles. The Bertz CT molecular complexity index is 960. The van der Waals surface area contributed by atoms with Crippen LogP contribution in [0, 0.1) is 0 Å². The summed E-state index contributed by atoms with van der Waals surface area (Å²) in [7, 11) is 0. The van der Waals surface area contributed by atoms with E-state index in [-0.39, 0.29) is 11.7 Å². The van der Waals surface area contributed by atoms with Crippen molar-refractivity contribution in [3.63, 3.8) is 0 Å². The minimum atomic E-state index is -0.206. The Kier molecular flexibility index (Phi) is 6.65. The predicted molar refractivity (Wildman–Crippen MR) is 112 cm³/mol. The highest BCUT2D eigenvalue weighted by atomic mass is 35.5. The molecular formula is C18H15Cl3N4OS. The van der Waals surface area contributed by atoms with Gasteiger partial charge in [-0.2, -0.15) is 0 Å². The van der Waals surface area contributed by atoms with Crippen molar-refractivity contribution in [3.8, 4) is 11.4 Å². The SMILES string of the molecule is CCn1c(SCC(=O)Nc2cc(Cl)ccc2Cl)nnc1-c1ccc(Cl)cc1. The van der Waals surface area contributed by atoms with E-state index in [2.05, 4.69) is 15.5 Å². The van der Waals surface area contributed by atoms with E-state index in [4.69, 9.17) is 34.8 Å². The maximum Gasteiger partial charge on any atom is 0.234 e. The monoisotopic (exact) mass is 440 g/mol. The summed E-state index contributed by atoms with van der Waals surface area (Å²) in [4.78, 5) is 12.3. The number of aromatic nitrogens is 3. The van der Waals surface area contributed by atoms with Crippen molar-refractivity contribution < 1.29 is 4.79 Å². The van der Waals surface area contributed by atoms with Crippen LogP contribution in [0.1, 0.15) is 6.92 Å². The van der Waals surface area contributed by atoms with Gasteiger partial charge in [-0.1, -0.05) is 46.6 Å². The van der Waals surface area contributed by atoms with E-state index in [1.807, 2.05) is 23.6 Å². The lowest BCUT2D eigenvalue weighted by Crippen LogP contribution is -2.15. The van der Waals surface area contributed by atoms with Crippen molar-refractivity contribution in [1.82, 2.24) is 14.8 Å². The van der Waals surface area contributed by atoms with Gasteiger partial charge in [-0.15, -0.1) is 10.2 Å². The van der Waals surface area contributed by atoms with Crippen LogP contribution in [-0.4, -0.2) is 26.4 Å². The van der Waals surface area contributed by atoms with Gasteiger partial charge in [0.15, 0.2) is 11.0 Å². The number of nitrogens with one attached hydrogen (secondary N) is 1. The summed E-state index contributed by atoms with van der Waals surface area (Å²) in [5, 5.41) is 13.5. The van der Waals surface area contributed by atoms with Gasteiger partial charge in [0.2, 0.25) is 5.91 Å². The summed E-state index contributed by atoms with van der Waals surface area (Å²) in [6.07, 6.45) is 0. The molecule has 0 spiro atoms. The summed E-state index contributed by atoms with van der Waals surface area (Å²) >= 11 is 19.3. The van der Waals surface area contributed by atoms with Crippen molar-refractivity contribution >= 4 is 58.2 Å². The molecular weight excluding hydrogens is 427 g/mol. The van der Waals surface area contributed by atoms with E-state index in [1.165, 1.54) is 11.8 Å². The molecule has 0 saturated heterocycles. The first kappa shape index (κ1) is 20.0. The van der Waals surface area contributed by atoms with Crippen LogP contribution in [0.25, 0.3) is 11.4 Å². The molecule has 0 radical (unpaired) electrons. The molecule has 5 nitrogen and oxygen atoms in total. The van der Waals surface area contributed by atoms with Gasteiger partial charge < -0.3 is 9.88 Å². The molecule has 27 heavy (non-hydrogen) atoms. The van der Waals surface area contributed by atoms with Crippen LogP contribution in [-0.2, 0) is 11.3 Å². The Balaban J connectivity index is 1.70. The van der Waals surface area contributed by atoms with Crippen LogP contribution in [0.15, 0.2) is 47.6 Å². The number of thioether (sulfide) groups is 1. The second-order valence-electron chi connectivity index (χ2n) is 5.52. The second-order valence-corrected chi connectivity index (χ2v) is 7.74. The molecule has 3 rings (SSSR count). The number of anilines is 1. The lowest BCUT2D eigenvalue weighted by Gasteiger charge is -2.09. The van der Waals surface area contributed by atoms with Crippen LogP contribution in [0.2, 0.25) is 15.1 Å². The number of amides is 1. The summed E-state index contributed by atoms with van der Waals surface area (Å²) in [6, 6.07) is 12.3. The molecule has 1 amide bonds. The topological polar surface area (TPSA) is 59.8 Å². The zero-order valence-electron chi connectivity index (χ0n) is 14.2. The van der Waals surface area contributed by atoms with E-state index in [1.54, 1.807) is 30.3 Å². The molecule has 0 saturated carbocycles. The number of carbonyl (C=O) groups is 1. The van der Waals surface area contributed by atoms with Gasteiger partial charge in [0.25, 0.3) is 0 Å². The first-order chi connectivity index (χ1) is 13.0. The number of carbonyl (C=O) groups excluding carboxylic acids is 1. The highest BCUT2D eigenvalue weighted by molar-refractivity contribution is 7.99. The average molecular weight is 442 g/mol. The standard InChI is InChI=1S/C18H15Cl3N4OS/c1-2-25-17(11-3-5-12(19)6-4-11)23-24-18(25)27-10-16(26)22-15-9-13(20)7-8-14(15)21/h3-9H,2,10H2,1H3,(H,22,26).